The fraction of sp³-hybridized carbons (Fsp3) is 0.235. The minimum Gasteiger partial charge on any atom is -0.397 e. The number of nitrogens with two attached hydrogens (primary N) is 1. The Bertz CT molecular complexity index is 774. The van der Waals surface area contributed by atoms with Crippen LogP contribution < -0.4 is 11.1 Å². The lowest BCUT2D eigenvalue weighted by molar-refractivity contribution is 0.783. The zero-order valence-electron chi connectivity index (χ0n) is 12.6. The van der Waals surface area contributed by atoms with Gasteiger partial charge in [0.15, 0.2) is 0 Å². The van der Waals surface area contributed by atoms with Crippen LogP contribution in [0.25, 0.3) is 10.9 Å². The largest absolute Gasteiger partial charge is 0.397 e. The van der Waals surface area contributed by atoms with Crippen molar-refractivity contribution in [3.8, 4) is 0 Å². The Balaban J connectivity index is 1.97. The molecule has 108 valence electrons. The van der Waals surface area contributed by atoms with E-state index < -0.39 is 0 Å². The summed E-state index contributed by atoms with van der Waals surface area (Å²) < 4.78 is 1.89. The van der Waals surface area contributed by atoms with E-state index >= 15 is 0 Å². The highest BCUT2D eigenvalue weighted by Crippen LogP contribution is 2.30. The van der Waals surface area contributed by atoms with Gasteiger partial charge in [0.05, 0.1) is 22.6 Å². The molecule has 3 aromatic rings. The first-order valence-corrected chi connectivity index (χ1v) is 7.10. The van der Waals surface area contributed by atoms with Crippen LogP contribution >= 0.6 is 0 Å². The van der Waals surface area contributed by atoms with Crippen molar-refractivity contribution in [3.63, 3.8) is 0 Å². The quantitative estimate of drug-likeness (QED) is 0.720. The molecule has 2 aromatic carbocycles. The topological polar surface area (TPSA) is 55.9 Å². The summed E-state index contributed by atoms with van der Waals surface area (Å²) in [4.78, 5) is 0. The van der Waals surface area contributed by atoms with E-state index in [-0.39, 0.29) is 6.04 Å². The highest BCUT2D eigenvalue weighted by molar-refractivity contribution is 5.91. The molecule has 4 nitrogen and oxygen atoms in total. The van der Waals surface area contributed by atoms with E-state index in [9.17, 15) is 0 Å². The van der Waals surface area contributed by atoms with E-state index in [4.69, 9.17) is 5.73 Å². The van der Waals surface area contributed by atoms with Crippen molar-refractivity contribution in [1.29, 1.82) is 0 Å². The number of hydrogen-bond donors (Lipinski definition) is 2. The summed E-state index contributed by atoms with van der Waals surface area (Å²) in [6, 6.07) is 14.6. The molecule has 0 fully saturated rings. The molecule has 0 amide bonds. The summed E-state index contributed by atoms with van der Waals surface area (Å²) >= 11 is 0. The van der Waals surface area contributed by atoms with Gasteiger partial charge in [-0.25, -0.2) is 0 Å². The van der Waals surface area contributed by atoms with Crippen molar-refractivity contribution < 1.29 is 0 Å². The van der Waals surface area contributed by atoms with E-state index in [1.165, 1.54) is 5.56 Å². The second-order valence-corrected chi connectivity index (χ2v) is 5.44. The molecule has 0 aliphatic rings. The highest BCUT2D eigenvalue weighted by Gasteiger charge is 2.11. The third-order valence-corrected chi connectivity index (χ3v) is 3.88. The molecule has 0 aliphatic carbocycles. The van der Waals surface area contributed by atoms with Gasteiger partial charge in [-0.2, -0.15) is 5.10 Å². The van der Waals surface area contributed by atoms with Gasteiger partial charge in [-0.05, 0) is 31.5 Å². The van der Waals surface area contributed by atoms with E-state index in [0.717, 1.165) is 28.0 Å². The average Bonchev–Trinajstić information content (AvgIpc) is 2.75. The second-order valence-electron chi connectivity index (χ2n) is 5.44. The van der Waals surface area contributed by atoms with Crippen molar-refractivity contribution in [1.82, 2.24) is 9.78 Å². The smallest absolute Gasteiger partial charge is 0.0704 e. The molecule has 1 heterocycles. The number of anilines is 2. The van der Waals surface area contributed by atoms with Gasteiger partial charge >= 0.3 is 0 Å². The Kier molecular flexibility index (Phi) is 3.29. The first kappa shape index (κ1) is 13.5. The van der Waals surface area contributed by atoms with Crippen molar-refractivity contribution >= 4 is 22.3 Å². The predicted octanol–water partition coefficient (Wildman–Crippen LogP) is 3.64. The number of aromatic nitrogens is 2. The molecule has 0 saturated heterocycles. The zero-order valence-corrected chi connectivity index (χ0v) is 12.6. The third kappa shape index (κ3) is 2.44. The molecule has 1 aromatic heterocycles. The Morgan fingerprint density at radius 3 is 2.62 bits per heavy atom. The Hall–Kier alpha value is -2.49. The van der Waals surface area contributed by atoms with Crippen LogP contribution in [0.3, 0.4) is 0 Å². The van der Waals surface area contributed by atoms with Crippen LogP contribution in [0.15, 0.2) is 42.5 Å². The first-order valence-electron chi connectivity index (χ1n) is 7.10. The maximum absolute atomic E-state index is 6.19. The van der Waals surface area contributed by atoms with Crippen LogP contribution in [0, 0.1) is 6.92 Å². The lowest BCUT2D eigenvalue weighted by Gasteiger charge is -2.17. The normalized spacial score (nSPS) is 12.5. The van der Waals surface area contributed by atoms with E-state index in [2.05, 4.69) is 35.5 Å². The van der Waals surface area contributed by atoms with Crippen LogP contribution in [-0.2, 0) is 7.05 Å². The van der Waals surface area contributed by atoms with E-state index in [1.807, 2.05) is 42.9 Å². The van der Waals surface area contributed by atoms with Gasteiger partial charge in [0.2, 0.25) is 0 Å². The molecule has 4 heteroatoms. The summed E-state index contributed by atoms with van der Waals surface area (Å²) in [5.41, 5.74) is 11.2. The van der Waals surface area contributed by atoms with Crippen LogP contribution in [0.1, 0.15) is 24.2 Å². The molecule has 0 spiro atoms. The Morgan fingerprint density at radius 1 is 1.19 bits per heavy atom. The van der Waals surface area contributed by atoms with Gasteiger partial charge in [-0.3, -0.25) is 4.68 Å². The molecule has 1 unspecified atom stereocenters. The molecule has 0 bridgehead atoms. The lowest BCUT2D eigenvalue weighted by Crippen LogP contribution is -2.08. The molecular formula is C17H20N4. The van der Waals surface area contributed by atoms with E-state index in [1.54, 1.807) is 0 Å². The van der Waals surface area contributed by atoms with Gasteiger partial charge in [-0.15, -0.1) is 0 Å². The summed E-state index contributed by atoms with van der Waals surface area (Å²) in [6.07, 6.45) is 0. The van der Waals surface area contributed by atoms with Crippen molar-refractivity contribution in [2.45, 2.75) is 19.9 Å². The van der Waals surface area contributed by atoms with Gasteiger partial charge < -0.3 is 11.1 Å². The number of nitrogens with zero attached hydrogens (tertiary/aromatic N) is 2. The minimum absolute atomic E-state index is 0.195. The number of rotatable bonds is 3. The summed E-state index contributed by atoms with van der Waals surface area (Å²) in [7, 11) is 1.95. The monoisotopic (exact) mass is 280 g/mol. The van der Waals surface area contributed by atoms with Crippen molar-refractivity contribution in [2.24, 2.45) is 7.05 Å². The Morgan fingerprint density at radius 2 is 1.90 bits per heavy atom. The fourth-order valence-electron chi connectivity index (χ4n) is 2.68. The van der Waals surface area contributed by atoms with Crippen molar-refractivity contribution in [3.05, 3.63) is 53.7 Å². The molecule has 3 rings (SSSR count). The minimum atomic E-state index is 0.195. The number of aryl methyl sites for hydroxylation is 2. The SMILES string of the molecule is Cc1nn(C)c2cc(NC(C)c3ccccc3)c(N)cc12. The van der Waals surface area contributed by atoms with Gasteiger partial charge in [-0.1, -0.05) is 30.3 Å². The number of benzene rings is 2. The van der Waals surface area contributed by atoms with Gasteiger partial charge in [0, 0.05) is 18.5 Å². The number of nitrogens with one attached hydrogen (secondary N) is 1. The average molecular weight is 280 g/mol. The zero-order chi connectivity index (χ0) is 15.0. The van der Waals surface area contributed by atoms with Crippen LogP contribution in [0.2, 0.25) is 0 Å². The van der Waals surface area contributed by atoms with Crippen LogP contribution in [0.4, 0.5) is 11.4 Å². The predicted molar refractivity (Wildman–Crippen MR) is 88.3 cm³/mol. The molecule has 21 heavy (non-hydrogen) atoms. The van der Waals surface area contributed by atoms with Crippen LogP contribution in [0.5, 0.6) is 0 Å². The summed E-state index contributed by atoms with van der Waals surface area (Å²) in [5, 5.41) is 9.04. The van der Waals surface area contributed by atoms with Crippen LogP contribution in [-0.4, -0.2) is 9.78 Å². The van der Waals surface area contributed by atoms with Crippen molar-refractivity contribution in [2.75, 3.05) is 11.1 Å². The van der Waals surface area contributed by atoms with E-state index in [0.29, 0.717) is 0 Å². The lowest BCUT2D eigenvalue weighted by atomic mass is 10.1. The number of hydrogen-bond acceptors (Lipinski definition) is 3. The summed E-state index contributed by atoms with van der Waals surface area (Å²) in [5.74, 6) is 0. The maximum Gasteiger partial charge on any atom is 0.0704 e. The number of nitrogen functional groups attached to an aromatic ring is 1. The molecule has 0 aliphatic heterocycles. The molecule has 0 saturated carbocycles. The Labute approximate surface area is 124 Å². The fourth-order valence-corrected chi connectivity index (χ4v) is 2.68. The first-order chi connectivity index (χ1) is 10.1. The molecular weight excluding hydrogens is 260 g/mol. The van der Waals surface area contributed by atoms with Gasteiger partial charge in [0.1, 0.15) is 0 Å². The molecule has 0 radical (unpaired) electrons. The standard InChI is InChI=1S/C17H20N4/c1-11(13-7-5-4-6-8-13)19-16-10-17-14(9-15(16)18)12(2)20-21(17)3/h4-11,19H,18H2,1-3H3. The summed E-state index contributed by atoms with van der Waals surface area (Å²) in [6.45, 7) is 4.13. The molecule has 3 N–H and O–H groups in total. The highest BCUT2D eigenvalue weighted by atomic mass is 15.3. The third-order valence-electron chi connectivity index (χ3n) is 3.88. The number of fused-ring (bicyclic) bond motifs is 1. The molecule has 1 atom stereocenters. The maximum atomic E-state index is 6.19. The van der Waals surface area contributed by atoms with Gasteiger partial charge in [0.25, 0.3) is 0 Å². The second kappa shape index (κ2) is 5.13.